The fraction of sp³-hybridized carbons (Fsp3) is 0.368. The third kappa shape index (κ3) is 3.96. The fourth-order valence-corrected chi connectivity index (χ4v) is 3.07. The molecule has 0 bridgehead atoms. The van der Waals surface area contributed by atoms with Gasteiger partial charge in [0.1, 0.15) is 5.60 Å². The monoisotopic (exact) mass is 333 g/mol. The number of rotatable bonds is 5. The van der Waals surface area contributed by atoms with E-state index >= 15 is 0 Å². The molecule has 3 nitrogen and oxygen atoms in total. The Morgan fingerprint density at radius 2 is 1.26 bits per heavy atom. The summed E-state index contributed by atoms with van der Waals surface area (Å²) >= 11 is -1.27. The van der Waals surface area contributed by atoms with Gasteiger partial charge >= 0.3 is 11.5 Å². The normalized spacial score (nSPS) is 15.2. The molecule has 23 heavy (non-hydrogen) atoms. The summed E-state index contributed by atoms with van der Waals surface area (Å²) in [5.41, 5.74) is 0.149. The van der Waals surface area contributed by atoms with Crippen molar-refractivity contribution in [3.63, 3.8) is 0 Å². The van der Waals surface area contributed by atoms with Gasteiger partial charge in [0.25, 0.3) is 0 Å². The number of benzene rings is 2. The van der Waals surface area contributed by atoms with E-state index in [4.69, 9.17) is 4.18 Å². The van der Waals surface area contributed by atoms with Crippen molar-refractivity contribution < 1.29 is 13.8 Å². The van der Waals surface area contributed by atoms with Crippen molar-refractivity contribution in [2.24, 2.45) is 0 Å². The number of hydrogen-bond donors (Lipinski definition) is 2. The van der Waals surface area contributed by atoms with E-state index in [1.807, 2.05) is 81.4 Å². The molecule has 0 aliphatic carbocycles. The van der Waals surface area contributed by atoms with E-state index in [1.54, 1.807) is 6.92 Å². The van der Waals surface area contributed by atoms with Crippen molar-refractivity contribution in [3.05, 3.63) is 71.8 Å². The lowest BCUT2D eigenvalue weighted by atomic mass is 9.82. The van der Waals surface area contributed by atoms with E-state index in [0.717, 1.165) is 11.1 Å². The van der Waals surface area contributed by atoms with Crippen LogP contribution in [-0.4, -0.2) is 20.5 Å². The maximum absolute atomic E-state index is 11.5. The molecule has 2 rings (SSSR count). The predicted molar refractivity (Wildman–Crippen MR) is 96.2 cm³/mol. The molecule has 0 radical (unpaired) electrons. The molecule has 0 amide bonds. The lowest BCUT2D eigenvalue weighted by Crippen LogP contribution is -2.44. The van der Waals surface area contributed by atoms with Crippen LogP contribution in [0.1, 0.15) is 38.8 Å². The van der Waals surface area contributed by atoms with Gasteiger partial charge in [-0.2, -0.15) is 4.55 Å². The zero-order valence-electron chi connectivity index (χ0n) is 14.1. The fourth-order valence-electron chi connectivity index (χ4n) is 2.37. The van der Waals surface area contributed by atoms with Crippen LogP contribution < -0.4 is 0 Å². The molecule has 124 valence electrons. The van der Waals surface area contributed by atoms with Crippen LogP contribution in [0.15, 0.2) is 60.7 Å². The highest BCUT2D eigenvalue weighted by atomic mass is 32.2. The Morgan fingerprint density at radius 1 is 0.870 bits per heavy atom. The molecule has 0 saturated carbocycles. The standard InChI is InChI=1S/C19H25O3S/c1-15(22-23(21)18(2,3)4)19(20,16-11-7-5-8-12-16)17-13-9-6-10-14-17/h5-15,20-21H,1-4H3/q+1/t15-,23?/m0/s1. The zero-order chi connectivity index (χ0) is 17.1. The molecule has 0 aromatic heterocycles. The van der Waals surface area contributed by atoms with Gasteiger partial charge in [0, 0.05) is 0 Å². The van der Waals surface area contributed by atoms with Crippen LogP contribution in [-0.2, 0) is 21.2 Å². The number of hydrogen-bond acceptors (Lipinski definition) is 3. The van der Waals surface area contributed by atoms with Crippen LogP contribution in [0.5, 0.6) is 0 Å². The minimum absolute atomic E-state index is 0.400. The average Bonchev–Trinajstić information content (AvgIpc) is 2.54. The average molecular weight is 333 g/mol. The zero-order valence-corrected chi connectivity index (χ0v) is 14.9. The molecule has 1 unspecified atom stereocenters. The molecule has 0 aliphatic rings. The van der Waals surface area contributed by atoms with E-state index in [0.29, 0.717) is 0 Å². The Morgan fingerprint density at radius 3 is 1.61 bits per heavy atom. The van der Waals surface area contributed by atoms with Gasteiger partial charge in [-0.3, -0.25) is 0 Å². The van der Waals surface area contributed by atoms with Gasteiger partial charge in [-0.1, -0.05) is 60.7 Å². The third-order valence-electron chi connectivity index (χ3n) is 3.78. The van der Waals surface area contributed by atoms with E-state index < -0.39 is 27.9 Å². The maximum Gasteiger partial charge on any atom is 0.318 e. The molecule has 0 aliphatic heterocycles. The number of aliphatic hydroxyl groups is 1. The summed E-state index contributed by atoms with van der Waals surface area (Å²) in [6, 6.07) is 18.9. The van der Waals surface area contributed by atoms with Crippen molar-refractivity contribution in [2.45, 2.75) is 44.1 Å². The van der Waals surface area contributed by atoms with Crippen LogP contribution in [0.25, 0.3) is 0 Å². The first-order valence-corrected chi connectivity index (χ1v) is 8.81. The lowest BCUT2D eigenvalue weighted by molar-refractivity contribution is -0.0236. The van der Waals surface area contributed by atoms with Crippen molar-refractivity contribution in [3.8, 4) is 0 Å². The summed E-state index contributed by atoms with van der Waals surface area (Å²) in [7, 11) is 0. The second-order valence-electron chi connectivity index (χ2n) is 6.60. The highest BCUT2D eigenvalue weighted by Crippen LogP contribution is 2.36. The molecule has 4 heteroatoms. The first-order valence-electron chi connectivity index (χ1n) is 7.70. The van der Waals surface area contributed by atoms with Gasteiger partial charge in [-0.25, -0.2) is 0 Å². The SMILES string of the molecule is C[C@H](O[S+](O)C(C)(C)C)C(O)(c1ccccc1)c1ccccc1. The molecular weight excluding hydrogens is 308 g/mol. The molecule has 0 heterocycles. The van der Waals surface area contributed by atoms with Crippen LogP contribution >= 0.6 is 0 Å². The summed E-state index contributed by atoms with van der Waals surface area (Å²) in [5.74, 6) is 0. The topological polar surface area (TPSA) is 49.7 Å². The Bertz CT molecular complexity index is 568. The highest BCUT2D eigenvalue weighted by molar-refractivity contribution is 7.88. The molecular formula is C19H25O3S+. The largest absolute Gasteiger partial charge is 0.377 e. The maximum atomic E-state index is 11.5. The van der Waals surface area contributed by atoms with Gasteiger partial charge in [0.05, 0.1) is 0 Å². The Labute approximate surface area is 141 Å². The van der Waals surface area contributed by atoms with Crippen LogP contribution in [0.3, 0.4) is 0 Å². The summed E-state index contributed by atoms with van der Waals surface area (Å²) < 4.78 is 15.7. The second kappa shape index (κ2) is 7.05. The van der Waals surface area contributed by atoms with Gasteiger partial charge in [-0.15, -0.1) is 4.18 Å². The third-order valence-corrected chi connectivity index (χ3v) is 5.29. The highest BCUT2D eigenvalue weighted by Gasteiger charge is 2.46. The smallest absolute Gasteiger partial charge is 0.318 e. The van der Waals surface area contributed by atoms with Gasteiger partial charge in [-0.05, 0) is 38.8 Å². The van der Waals surface area contributed by atoms with Crippen LogP contribution in [0.4, 0.5) is 0 Å². The first-order chi connectivity index (χ1) is 10.8. The summed E-state index contributed by atoms with van der Waals surface area (Å²) in [6.07, 6.45) is -0.611. The first kappa shape index (κ1) is 18.0. The lowest BCUT2D eigenvalue weighted by Gasteiger charge is -2.33. The minimum Gasteiger partial charge on any atom is -0.377 e. The molecule has 0 saturated heterocycles. The van der Waals surface area contributed by atoms with Crippen molar-refractivity contribution in [1.82, 2.24) is 0 Å². The van der Waals surface area contributed by atoms with E-state index in [2.05, 4.69) is 0 Å². The molecule has 0 spiro atoms. The minimum atomic E-state index is -1.33. The Kier molecular flexibility index (Phi) is 5.53. The van der Waals surface area contributed by atoms with Crippen LogP contribution in [0, 0.1) is 0 Å². The van der Waals surface area contributed by atoms with E-state index in [1.165, 1.54) is 0 Å². The molecule has 2 atom stereocenters. The molecule has 2 aromatic carbocycles. The predicted octanol–water partition coefficient (Wildman–Crippen LogP) is 4.13. The molecule has 2 aromatic rings. The van der Waals surface area contributed by atoms with E-state index in [-0.39, 0.29) is 0 Å². The quantitative estimate of drug-likeness (QED) is 0.809. The van der Waals surface area contributed by atoms with Crippen LogP contribution in [0.2, 0.25) is 0 Å². The summed E-state index contributed by atoms with van der Waals surface area (Å²) in [5, 5.41) is 11.5. The molecule has 2 N–H and O–H groups in total. The van der Waals surface area contributed by atoms with Gasteiger partial charge < -0.3 is 5.11 Å². The summed E-state index contributed by atoms with van der Waals surface area (Å²) in [6.45, 7) is 7.52. The van der Waals surface area contributed by atoms with Crippen molar-refractivity contribution >= 4 is 11.5 Å². The van der Waals surface area contributed by atoms with Crippen molar-refractivity contribution in [2.75, 3.05) is 0 Å². The summed E-state index contributed by atoms with van der Waals surface area (Å²) in [4.78, 5) is 0. The van der Waals surface area contributed by atoms with E-state index in [9.17, 15) is 9.66 Å². The Balaban J connectivity index is 2.43. The second-order valence-corrected chi connectivity index (χ2v) is 8.51. The van der Waals surface area contributed by atoms with Gasteiger partial charge in [0.2, 0.25) is 0 Å². The molecule has 0 fully saturated rings. The van der Waals surface area contributed by atoms with Crippen molar-refractivity contribution in [1.29, 1.82) is 0 Å². The van der Waals surface area contributed by atoms with Gasteiger partial charge in [0.15, 0.2) is 10.9 Å². The Hall–Kier alpha value is -1.33.